The van der Waals surface area contributed by atoms with Crippen LogP contribution < -0.4 is 15.4 Å². The zero-order chi connectivity index (χ0) is 19.7. The fourth-order valence-corrected chi connectivity index (χ4v) is 3.27. The zero-order valence-electron chi connectivity index (χ0n) is 18.0. The lowest BCUT2D eigenvalue weighted by atomic mass is 9.89. The molecule has 1 atom stereocenters. The molecule has 1 aromatic carbocycles. The lowest BCUT2D eigenvalue weighted by molar-refractivity contribution is -0.00255. The summed E-state index contributed by atoms with van der Waals surface area (Å²) >= 11 is 0. The van der Waals surface area contributed by atoms with Gasteiger partial charge in [0.15, 0.2) is 5.96 Å². The SMILES string of the molecule is CCNC(=NCC1(N(C)C)CCOCC1)NCC(C)Oc1cccc(C)c1.I. The van der Waals surface area contributed by atoms with Gasteiger partial charge in [-0.05, 0) is 65.4 Å². The molecule has 1 heterocycles. The number of aryl methyl sites for hydroxylation is 1. The van der Waals surface area contributed by atoms with E-state index in [1.54, 1.807) is 0 Å². The highest BCUT2D eigenvalue weighted by Crippen LogP contribution is 2.26. The summed E-state index contributed by atoms with van der Waals surface area (Å²) in [6, 6.07) is 8.14. The molecule has 1 fully saturated rings. The fraction of sp³-hybridized carbons (Fsp3) is 0.667. The summed E-state index contributed by atoms with van der Waals surface area (Å²) in [5.41, 5.74) is 1.28. The number of hydrogen-bond donors (Lipinski definition) is 2. The molecular formula is C21H37IN4O2. The monoisotopic (exact) mass is 504 g/mol. The van der Waals surface area contributed by atoms with E-state index < -0.39 is 0 Å². The van der Waals surface area contributed by atoms with Crippen LogP contribution in [0, 0.1) is 6.92 Å². The van der Waals surface area contributed by atoms with Crippen molar-refractivity contribution in [2.45, 2.75) is 45.3 Å². The van der Waals surface area contributed by atoms with E-state index in [1.165, 1.54) is 5.56 Å². The van der Waals surface area contributed by atoms with Gasteiger partial charge in [-0.15, -0.1) is 24.0 Å². The third-order valence-electron chi connectivity index (χ3n) is 5.13. The Morgan fingerprint density at radius 2 is 2.00 bits per heavy atom. The first kappa shape index (κ1) is 25.0. The average Bonchev–Trinajstić information content (AvgIpc) is 2.64. The van der Waals surface area contributed by atoms with Crippen LogP contribution in [0.5, 0.6) is 5.75 Å². The Hall–Kier alpha value is -1.06. The highest BCUT2D eigenvalue weighted by atomic mass is 127. The topological polar surface area (TPSA) is 58.1 Å². The van der Waals surface area contributed by atoms with Gasteiger partial charge in [0.05, 0.1) is 13.1 Å². The van der Waals surface area contributed by atoms with Crippen molar-refractivity contribution in [3.8, 4) is 5.75 Å². The van der Waals surface area contributed by atoms with Crippen molar-refractivity contribution in [2.24, 2.45) is 4.99 Å². The number of guanidine groups is 1. The molecule has 0 spiro atoms. The Kier molecular flexibility index (Phi) is 11.1. The van der Waals surface area contributed by atoms with Gasteiger partial charge in [-0.25, -0.2) is 0 Å². The van der Waals surface area contributed by atoms with Crippen molar-refractivity contribution in [2.75, 3.05) is 46.9 Å². The first-order valence-corrected chi connectivity index (χ1v) is 9.96. The van der Waals surface area contributed by atoms with Gasteiger partial charge in [0.25, 0.3) is 0 Å². The third-order valence-corrected chi connectivity index (χ3v) is 5.13. The van der Waals surface area contributed by atoms with E-state index in [2.05, 4.69) is 62.5 Å². The zero-order valence-corrected chi connectivity index (χ0v) is 20.3. The van der Waals surface area contributed by atoms with Gasteiger partial charge in [-0.1, -0.05) is 12.1 Å². The van der Waals surface area contributed by atoms with Gasteiger partial charge in [0.1, 0.15) is 11.9 Å². The van der Waals surface area contributed by atoms with Gasteiger partial charge in [-0.2, -0.15) is 0 Å². The summed E-state index contributed by atoms with van der Waals surface area (Å²) in [4.78, 5) is 7.16. The van der Waals surface area contributed by atoms with Crippen molar-refractivity contribution in [3.05, 3.63) is 29.8 Å². The molecule has 0 amide bonds. The minimum absolute atomic E-state index is 0. The first-order valence-electron chi connectivity index (χ1n) is 9.96. The van der Waals surface area contributed by atoms with Crippen LogP contribution in [0.2, 0.25) is 0 Å². The number of nitrogens with zero attached hydrogens (tertiary/aromatic N) is 2. The molecule has 1 aliphatic rings. The second-order valence-electron chi connectivity index (χ2n) is 7.55. The maximum absolute atomic E-state index is 6.01. The van der Waals surface area contributed by atoms with E-state index in [4.69, 9.17) is 14.5 Å². The Balaban J connectivity index is 0.00000392. The summed E-state index contributed by atoms with van der Waals surface area (Å²) in [5, 5.41) is 6.76. The van der Waals surface area contributed by atoms with Crippen molar-refractivity contribution in [1.29, 1.82) is 0 Å². The summed E-state index contributed by atoms with van der Waals surface area (Å²) in [6.45, 7) is 10.1. The molecule has 0 aliphatic carbocycles. The van der Waals surface area contributed by atoms with Crippen LogP contribution in [0.1, 0.15) is 32.3 Å². The maximum Gasteiger partial charge on any atom is 0.191 e. The molecule has 1 saturated heterocycles. The normalized spacial score (nSPS) is 17.6. The number of rotatable bonds is 8. The van der Waals surface area contributed by atoms with Crippen molar-refractivity contribution >= 4 is 29.9 Å². The molecule has 7 heteroatoms. The summed E-state index contributed by atoms with van der Waals surface area (Å²) in [7, 11) is 4.28. The molecule has 1 aromatic rings. The molecule has 0 radical (unpaired) electrons. The van der Waals surface area contributed by atoms with E-state index in [-0.39, 0.29) is 35.6 Å². The van der Waals surface area contributed by atoms with Crippen molar-refractivity contribution in [1.82, 2.24) is 15.5 Å². The van der Waals surface area contributed by atoms with Crippen LogP contribution in [-0.2, 0) is 4.74 Å². The van der Waals surface area contributed by atoms with Crippen LogP contribution in [-0.4, -0.2) is 69.4 Å². The van der Waals surface area contributed by atoms with Gasteiger partial charge < -0.3 is 25.0 Å². The first-order chi connectivity index (χ1) is 12.9. The van der Waals surface area contributed by atoms with E-state index >= 15 is 0 Å². The van der Waals surface area contributed by atoms with E-state index in [0.29, 0.717) is 6.54 Å². The quantitative estimate of drug-likeness (QED) is 0.324. The van der Waals surface area contributed by atoms with Crippen molar-refractivity contribution in [3.63, 3.8) is 0 Å². The average molecular weight is 504 g/mol. The Morgan fingerprint density at radius 3 is 2.61 bits per heavy atom. The largest absolute Gasteiger partial charge is 0.489 e. The van der Waals surface area contributed by atoms with E-state index in [1.807, 2.05) is 12.1 Å². The molecule has 1 unspecified atom stereocenters. The number of benzene rings is 1. The third kappa shape index (κ3) is 7.75. The van der Waals surface area contributed by atoms with E-state index in [0.717, 1.165) is 50.9 Å². The van der Waals surface area contributed by atoms with E-state index in [9.17, 15) is 0 Å². The molecule has 6 nitrogen and oxygen atoms in total. The molecule has 2 N–H and O–H groups in total. The van der Waals surface area contributed by atoms with Gasteiger partial charge in [0, 0.05) is 25.3 Å². The minimum atomic E-state index is 0. The highest BCUT2D eigenvalue weighted by molar-refractivity contribution is 14.0. The van der Waals surface area contributed by atoms with Crippen LogP contribution in [0.4, 0.5) is 0 Å². The summed E-state index contributed by atoms with van der Waals surface area (Å²) in [6.07, 6.45) is 2.06. The molecule has 0 bridgehead atoms. The summed E-state index contributed by atoms with van der Waals surface area (Å²) < 4.78 is 11.6. The van der Waals surface area contributed by atoms with Crippen LogP contribution in [0.25, 0.3) is 0 Å². The lowest BCUT2D eigenvalue weighted by Crippen LogP contribution is -2.52. The fourth-order valence-electron chi connectivity index (χ4n) is 3.27. The Morgan fingerprint density at radius 1 is 1.29 bits per heavy atom. The number of hydrogen-bond acceptors (Lipinski definition) is 4. The van der Waals surface area contributed by atoms with Gasteiger partial charge >= 0.3 is 0 Å². The molecule has 28 heavy (non-hydrogen) atoms. The number of nitrogens with one attached hydrogen (secondary N) is 2. The van der Waals surface area contributed by atoms with Crippen LogP contribution >= 0.6 is 24.0 Å². The lowest BCUT2D eigenvalue weighted by Gasteiger charge is -2.41. The molecule has 0 aromatic heterocycles. The summed E-state index contributed by atoms with van der Waals surface area (Å²) in [5.74, 6) is 1.74. The molecule has 1 aliphatic heterocycles. The van der Waals surface area contributed by atoms with Gasteiger partial charge in [-0.3, -0.25) is 4.99 Å². The molecule has 0 saturated carbocycles. The number of halogens is 1. The number of aliphatic imine (C=N–C) groups is 1. The highest BCUT2D eigenvalue weighted by Gasteiger charge is 2.34. The molecular weight excluding hydrogens is 467 g/mol. The number of likely N-dealkylation sites (N-methyl/N-ethyl adjacent to an activating group) is 1. The van der Waals surface area contributed by atoms with Crippen LogP contribution in [0.15, 0.2) is 29.3 Å². The molecule has 160 valence electrons. The predicted molar refractivity (Wildman–Crippen MR) is 127 cm³/mol. The Bertz CT molecular complexity index is 604. The van der Waals surface area contributed by atoms with Gasteiger partial charge in [0.2, 0.25) is 0 Å². The standard InChI is InChI=1S/C21H36N4O2.HI/c1-6-22-20(24-16-21(25(4)5)10-12-26-13-11-21)23-15-18(3)27-19-9-7-8-17(2)14-19;/h7-9,14,18H,6,10-13,15-16H2,1-5H3,(H2,22,23,24);1H. The Labute approximate surface area is 187 Å². The predicted octanol–water partition coefficient (Wildman–Crippen LogP) is 3.05. The number of ether oxygens (including phenoxy) is 2. The second kappa shape index (κ2) is 12.5. The van der Waals surface area contributed by atoms with Crippen LogP contribution in [0.3, 0.4) is 0 Å². The molecule has 2 rings (SSSR count). The van der Waals surface area contributed by atoms with Crippen molar-refractivity contribution < 1.29 is 9.47 Å². The smallest absolute Gasteiger partial charge is 0.191 e. The maximum atomic E-state index is 6.01. The second-order valence-corrected chi connectivity index (χ2v) is 7.55. The minimum Gasteiger partial charge on any atom is -0.489 e.